The van der Waals surface area contributed by atoms with Gasteiger partial charge in [0.2, 0.25) is 5.78 Å². The number of carbonyl (C=O) groups is 2. The summed E-state index contributed by atoms with van der Waals surface area (Å²) in [6, 6.07) is 17.7. The number of benzene rings is 3. The van der Waals surface area contributed by atoms with Gasteiger partial charge in [-0.05, 0) is 42.5 Å². The van der Waals surface area contributed by atoms with Crippen LogP contribution in [0.25, 0.3) is 17.0 Å². The molecule has 152 valence electrons. The van der Waals surface area contributed by atoms with Gasteiger partial charge in [-0.1, -0.05) is 24.3 Å². The number of para-hydroxylation sites is 1. The van der Waals surface area contributed by atoms with Crippen LogP contribution in [-0.4, -0.2) is 16.3 Å². The molecule has 1 aromatic heterocycles. The van der Waals surface area contributed by atoms with E-state index < -0.39 is 11.8 Å². The maximum absolute atomic E-state index is 13.3. The molecule has 0 spiro atoms. The highest BCUT2D eigenvalue weighted by atomic mass is 19.1. The van der Waals surface area contributed by atoms with Crippen LogP contribution >= 0.6 is 0 Å². The van der Waals surface area contributed by atoms with Crippen LogP contribution in [0.15, 0.2) is 78.7 Å². The Kier molecular flexibility index (Phi) is 4.40. The Morgan fingerprint density at radius 1 is 1.06 bits per heavy atom. The topological polar surface area (TPSA) is 57.5 Å². The Morgan fingerprint density at radius 3 is 2.74 bits per heavy atom. The molecule has 5 rings (SSSR count). The van der Waals surface area contributed by atoms with Gasteiger partial charge in [0.25, 0.3) is 0 Å². The van der Waals surface area contributed by atoms with Crippen LogP contribution in [0.2, 0.25) is 0 Å². The van der Waals surface area contributed by atoms with E-state index in [-0.39, 0.29) is 22.9 Å². The van der Waals surface area contributed by atoms with Gasteiger partial charge in [0.05, 0.1) is 11.1 Å². The zero-order valence-corrected chi connectivity index (χ0v) is 16.5. The Balaban J connectivity index is 1.42. The number of halogens is 1. The SMILES string of the molecule is Cn1cc(/C=C2\Oc3cc(OC(=O)c4cccc(F)c4)ccc3C2=O)c2ccccc21. The van der Waals surface area contributed by atoms with Crippen LogP contribution in [0.5, 0.6) is 11.5 Å². The normalized spacial score (nSPS) is 14.0. The van der Waals surface area contributed by atoms with Gasteiger partial charge < -0.3 is 14.0 Å². The fourth-order valence-electron chi connectivity index (χ4n) is 3.64. The molecule has 2 heterocycles. The number of ether oxygens (including phenoxy) is 2. The average Bonchev–Trinajstić information content (AvgIpc) is 3.25. The summed E-state index contributed by atoms with van der Waals surface area (Å²) in [5.74, 6) is -0.769. The van der Waals surface area contributed by atoms with Gasteiger partial charge in [0, 0.05) is 35.8 Å². The number of esters is 1. The van der Waals surface area contributed by atoms with Crippen LogP contribution in [-0.2, 0) is 7.05 Å². The highest BCUT2D eigenvalue weighted by Crippen LogP contribution is 2.36. The smallest absolute Gasteiger partial charge is 0.343 e. The number of Topliss-reactive ketones (excluding diaryl/α,β-unsaturated/α-hetero) is 1. The lowest BCUT2D eigenvalue weighted by Crippen LogP contribution is -2.08. The number of ketones is 1. The summed E-state index contributed by atoms with van der Waals surface area (Å²) in [4.78, 5) is 25.0. The van der Waals surface area contributed by atoms with Crippen LogP contribution in [0, 0.1) is 5.82 Å². The largest absolute Gasteiger partial charge is 0.452 e. The van der Waals surface area contributed by atoms with Crippen molar-refractivity contribution in [1.82, 2.24) is 4.57 Å². The number of fused-ring (bicyclic) bond motifs is 2. The Hall–Kier alpha value is -4.19. The number of nitrogens with zero attached hydrogens (tertiary/aromatic N) is 1. The van der Waals surface area contributed by atoms with Crippen molar-refractivity contribution >= 4 is 28.7 Å². The van der Waals surface area contributed by atoms with E-state index >= 15 is 0 Å². The third-order valence-electron chi connectivity index (χ3n) is 5.13. The fourth-order valence-corrected chi connectivity index (χ4v) is 3.64. The van der Waals surface area contributed by atoms with Crippen LogP contribution in [0.3, 0.4) is 0 Å². The van der Waals surface area contributed by atoms with Gasteiger partial charge >= 0.3 is 5.97 Å². The first-order chi connectivity index (χ1) is 15.0. The molecule has 0 fully saturated rings. The number of aryl methyl sites for hydroxylation is 1. The van der Waals surface area contributed by atoms with Crippen molar-refractivity contribution in [3.63, 3.8) is 0 Å². The quantitative estimate of drug-likeness (QED) is 0.265. The molecule has 0 N–H and O–H groups in total. The molecule has 1 aliphatic rings. The zero-order valence-electron chi connectivity index (χ0n) is 16.5. The standard InChI is InChI=1S/C25H16FNO4/c1-27-14-16(19-7-2-3-8-21(19)27)12-23-24(28)20-10-9-18(13-22(20)31-23)30-25(29)15-5-4-6-17(26)11-15/h2-14H,1H3/b23-12-. The van der Waals surface area contributed by atoms with E-state index in [9.17, 15) is 14.0 Å². The van der Waals surface area contributed by atoms with Crippen LogP contribution in [0.4, 0.5) is 4.39 Å². The molecule has 0 amide bonds. The second-order valence-corrected chi connectivity index (χ2v) is 7.21. The second kappa shape index (κ2) is 7.25. The molecule has 1 aliphatic heterocycles. The number of hydrogen-bond donors (Lipinski definition) is 0. The maximum atomic E-state index is 13.3. The van der Waals surface area contributed by atoms with Gasteiger partial charge in [-0.2, -0.15) is 0 Å². The number of allylic oxidation sites excluding steroid dienone is 1. The second-order valence-electron chi connectivity index (χ2n) is 7.21. The monoisotopic (exact) mass is 413 g/mol. The first-order valence-corrected chi connectivity index (χ1v) is 9.60. The van der Waals surface area contributed by atoms with Crippen molar-refractivity contribution in [2.24, 2.45) is 7.05 Å². The van der Waals surface area contributed by atoms with E-state index in [1.165, 1.54) is 30.3 Å². The molecule has 3 aromatic carbocycles. The summed E-state index contributed by atoms with van der Waals surface area (Å²) in [6.45, 7) is 0. The van der Waals surface area contributed by atoms with E-state index in [0.717, 1.165) is 22.5 Å². The lowest BCUT2D eigenvalue weighted by molar-refractivity contribution is 0.0734. The first kappa shape index (κ1) is 18.8. The Bertz CT molecular complexity index is 1400. The van der Waals surface area contributed by atoms with Gasteiger partial charge in [0.15, 0.2) is 5.76 Å². The molecule has 0 atom stereocenters. The molecule has 0 radical (unpaired) electrons. The summed E-state index contributed by atoms with van der Waals surface area (Å²) in [6.07, 6.45) is 3.65. The summed E-state index contributed by atoms with van der Waals surface area (Å²) in [5, 5.41) is 1.01. The predicted octanol–water partition coefficient (Wildman–Crippen LogP) is 5.15. The van der Waals surface area contributed by atoms with Crippen molar-refractivity contribution in [2.45, 2.75) is 0 Å². The first-order valence-electron chi connectivity index (χ1n) is 9.60. The van der Waals surface area contributed by atoms with E-state index in [0.29, 0.717) is 11.3 Å². The van der Waals surface area contributed by atoms with Crippen molar-refractivity contribution in [3.8, 4) is 11.5 Å². The molecular weight excluding hydrogens is 397 g/mol. The lowest BCUT2D eigenvalue weighted by Gasteiger charge is -2.05. The van der Waals surface area contributed by atoms with Crippen molar-refractivity contribution in [2.75, 3.05) is 0 Å². The van der Waals surface area contributed by atoms with Crippen molar-refractivity contribution in [3.05, 3.63) is 101 Å². The van der Waals surface area contributed by atoms with E-state index in [1.54, 1.807) is 12.1 Å². The molecule has 0 aliphatic carbocycles. The third-order valence-corrected chi connectivity index (χ3v) is 5.13. The van der Waals surface area contributed by atoms with Gasteiger partial charge in [0.1, 0.15) is 17.3 Å². The molecule has 0 saturated heterocycles. The minimum Gasteiger partial charge on any atom is -0.452 e. The minimum atomic E-state index is -0.699. The summed E-state index contributed by atoms with van der Waals surface area (Å²) in [5.41, 5.74) is 2.39. The highest BCUT2D eigenvalue weighted by molar-refractivity contribution is 6.15. The van der Waals surface area contributed by atoms with Gasteiger partial charge in [-0.3, -0.25) is 4.79 Å². The van der Waals surface area contributed by atoms with Crippen LogP contribution < -0.4 is 9.47 Å². The molecule has 0 saturated carbocycles. The Morgan fingerprint density at radius 2 is 1.90 bits per heavy atom. The van der Waals surface area contributed by atoms with Crippen molar-refractivity contribution in [1.29, 1.82) is 0 Å². The molecule has 6 heteroatoms. The molecule has 31 heavy (non-hydrogen) atoms. The molecular formula is C25H16FNO4. The summed E-state index contributed by atoms with van der Waals surface area (Å²) in [7, 11) is 1.94. The molecule has 0 bridgehead atoms. The van der Waals surface area contributed by atoms with Gasteiger partial charge in [-0.25, -0.2) is 9.18 Å². The number of aromatic nitrogens is 1. The minimum absolute atomic E-state index is 0.0917. The molecule has 5 nitrogen and oxygen atoms in total. The van der Waals surface area contributed by atoms with Crippen LogP contribution in [0.1, 0.15) is 26.3 Å². The van der Waals surface area contributed by atoms with E-state index in [2.05, 4.69) is 0 Å². The predicted molar refractivity (Wildman–Crippen MR) is 114 cm³/mol. The Labute approximate surface area is 176 Å². The van der Waals surface area contributed by atoms with E-state index in [4.69, 9.17) is 9.47 Å². The summed E-state index contributed by atoms with van der Waals surface area (Å²) >= 11 is 0. The summed E-state index contributed by atoms with van der Waals surface area (Å²) < 4.78 is 26.4. The fraction of sp³-hybridized carbons (Fsp3) is 0.0400. The van der Waals surface area contributed by atoms with Crippen molar-refractivity contribution < 1.29 is 23.5 Å². The van der Waals surface area contributed by atoms with Gasteiger partial charge in [-0.15, -0.1) is 0 Å². The van der Waals surface area contributed by atoms with E-state index in [1.807, 2.05) is 42.1 Å². The molecule has 4 aromatic rings. The lowest BCUT2D eigenvalue weighted by atomic mass is 10.1. The highest BCUT2D eigenvalue weighted by Gasteiger charge is 2.28. The maximum Gasteiger partial charge on any atom is 0.343 e. The number of rotatable bonds is 3. The molecule has 0 unspecified atom stereocenters. The zero-order chi connectivity index (χ0) is 21.5. The average molecular weight is 413 g/mol. The third kappa shape index (κ3) is 3.38. The number of hydrogen-bond acceptors (Lipinski definition) is 4. The number of carbonyl (C=O) groups excluding carboxylic acids is 2.